The van der Waals surface area contributed by atoms with E-state index in [0.29, 0.717) is 6.61 Å². The van der Waals surface area contributed by atoms with Gasteiger partial charge in [0.05, 0.1) is 6.61 Å². The van der Waals surface area contributed by atoms with Gasteiger partial charge in [-0.05, 0) is 5.75 Å². The summed E-state index contributed by atoms with van der Waals surface area (Å²) in [5.41, 5.74) is 0. The SMILES string of the molecule is CCSc1nnc(S[C@@H]2CCOC2=O)s1. The molecule has 1 fully saturated rings. The monoisotopic (exact) mass is 262 g/mol. The number of aromatic nitrogens is 2. The zero-order chi connectivity index (χ0) is 10.7. The highest BCUT2D eigenvalue weighted by Crippen LogP contribution is 2.34. The molecule has 1 saturated heterocycles. The van der Waals surface area contributed by atoms with E-state index in [1.165, 1.54) is 11.8 Å². The molecular weight excluding hydrogens is 252 g/mol. The summed E-state index contributed by atoms with van der Waals surface area (Å²) in [4.78, 5) is 11.2. The van der Waals surface area contributed by atoms with E-state index in [1.807, 2.05) is 0 Å². The second kappa shape index (κ2) is 5.18. The lowest BCUT2D eigenvalue weighted by Gasteiger charge is -1.99. The highest BCUT2D eigenvalue weighted by Gasteiger charge is 2.28. The summed E-state index contributed by atoms with van der Waals surface area (Å²) in [6, 6.07) is 0. The van der Waals surface area contributed by atoms with Crippen LogP contribution in [-0.4, -0.2) is 33.8 Å². The van der Waals surface area contributed by atoms with E-state index in [9.17, 15) is 4.79 Å². The van der Waals surface area contributed by atoms with Crippen molar-refractivity contribution in [2.45, 2.75) is 27.3 Å². The summed E-state index contributed by atoms with van der Waals surface area (Å²) in [5.74, 6) is 0.866. The fraction of sp³-hybridized carbons (Fsp3) is 0.625. The van der Waals surface area contributed by atoms with Gasteiger partial charge in [-0.2, -0.15) is 0 Å². The Hall–Kier alpha value is -0.270. The molecule has 0 unspecified atom stereocenters. The topological polar surface area (TPSA) is 52.1 Å². The molecule has 0 N–H and O–H groups in total. The van der Waals surface area contributed by atoms with E-state index in [2.05, 4.69) is 17.1 Å². The lowest BCUT2D eigenvalue weighted by molar-refractivity contribution is -0.137. The Morgan fingerprint density at radius 1 is 1.53 bits per heavy atom. The maximum Gasteiger partial charge on any atom is 0.319 e. The number of nitrogens with zero attached hydrogens (tertiary/aromatic N) is 2. The number of thioether (sulfide) groups is 2. The third kappa shape index (κ3) is 2.85. The molecule has 0 aliphatic carbocycles. The molecule has 1 aromatic rings. The van der Waals surface area contributed by atoms with Crippen molar-refractivity contribution in [2.24, 2.45) is 0 Å². The molecule has 15 heavy (non-hydrogen) atoms. The first kappa shape index (κ1) is 11.2. The van der Waals surface area contributed by atoms with Gasteiger partial charge in [0.25, 0.3) is 0 Å². The van der Waals surface area contributed by atoms with E-state index < -0.39 is 0 Å². The summed E-state index contributed by atoms with van der Waals surface area (Å²) in [6.07, 6.45) is 0.777. The molecule has 0 amide bonds. The first-order valence-corrected chi connectivity index (χ1v) is 7.27. The normalized spacial score (nSPS) is 20.6. The van der Waals surface area contributed by atoms with E-state index in [0.717, 1.165) is 20.9 Å². The quantitative estimate of drug-likeness (QED) is 0.611. The minimum Gasteiger partial charge on any atom is -0.465 e. The molecular formula is C8H10N2O2S3. The van der Waals surface area contributed by atoms with Gasteiger partial charge in [-0.3, -0.25) is 4.79 Å². The second-order valence-corrected chi connectivity index (χ2v) is 6.77. The summed E-state index contributed by atoms with van der Waals surface area (Å²) < 4.78 is 6.70. The molecule has 1 atom stereocenters. The van der Waals surface area contributed by atoms with Gasteiger partial charge >= 0.3 is 5.97 Å². The third-order valence-corrected chi connectivity index (χ3v) is 5.05. The molecule has 0 bridgehead atoms. The van der Waals surface area contributed by atoms with Crippen LogP contribution in [0.2, 0.25) is 0 Å². The molecule has 0 aromatic carbocycles. The van der Waals surface area contributed by atoms with Crippen LogP contribution in [0.3, 0.4) is 0 Å². The minimum atomic E-state index is -0.125. The standard InChI is InChI=1S/C8H10N2O2S3/c1-2-13-7-9-10-8(15-7)14-5-3-4-12-6(5)11/h5H,2-4H2,1H3/t5-/m1/s1. The largest absolute Gasteiger partial charge is 0.465 e. The van der Waals surface area contributed by atoms with Crippen LogP contribution in [-0.2, 0) is 9.53 Å². The Labute approximate surface area is 100 Å². The van der Waals surface area contributed by atoms with Crippen molar-refractivity contribution in [1.82, 2.24) is 10.2 Å². The van der Waals surface area contributed by atoms with Crippen molar-refractivity contribution >= 4 is 40.8 Å². The van der Waals surface area contributed by atoms with Crippen molar-refractivity contribution in [3.63, 3.8) is 0 Å². The predicted octanol–water partition coefficient (Wildman–Crippen LogP) is 2.06. The average molecular weight is 262 g/mol. The van der Waals surface area contributed by atoms with Crippen molar-refractivity contribution in [3.8, 4) is 0 Å². The van der Waals surface area contributed by atoms with E-state index in [-0.39, 0.29) is 11.2 Å². The van der Waals surface area contributed by atoms with Crippen LogP contribution in [0.4, 0.5) is 0 Å². The number of esters is 1. The third-order valence-electron chi connectivity index (χ3n) is 1.79. The Morgan fingerprint density at radius 3 is 3.00 bits per heavy atom. The molecule has 82 valence electrons. The van der Waals surface area contributed by atoms with Gasteiger partial charge < -0.3 is 4.74 Å². The molecule has 0 spiro atoms. The fourth-order valence-corrected chi connectivity index (χ4v) is 4.26. The lowest BCUT2D eigenvalue weighted by atomic mass is 10.4. The number of cyclic esters (lactones) is 1. The Morgan fingerprint density at radius 2 is 2.33 bits per heavy atom. The van der Waals surface area contributed by atoms with Gasteiger partial charge in [0, 0.05) is 6.42 Å². The van der Waals surface area contributed by atoms with E-state index >= 15 is 0 Å². The molecule has 0 radical (unpaired) electrons. The molecule has 1 aromatic heterocycles. The molecule has 2 heterocycles. The number of hydrogen-bond acceptors (Lipinski definition) is 7. The van der Waals surface area contributed by atoms with Crippen LogP contribution in [0, 0.1) is 0 Å². The second-order valence-electron chi connectivity index (χ2n) is 2.83. The van der Waals surface area contributed by atoms with Gasteiger partial charge in [-0.25, -0.2) is 0 Å². The minimum absolute atomic E-state index is 0.0857. The van der Waals surface area contributed by atoms with E-state index in [4.69, 9.17) is 4.74 Å². The van der Waals surface area contributed by atoms with Crippen molar-refractivity contribution in [2.75, 3.05) is 12.4 Å². The molecule has 7 heteroatoms. The van der Waals surface area contributed by atoms with Gasteiger partial charge in [-0.1, -0.05) is 41.8 Å². The van der Waals surface area contributed by atoms with E-state index in [1.54, 1.807) is 23.1 Å². The zero-order valence-corrected chi connectivity index (χ0v) is 10.6. The van der Waals surface area contributed by atoms with Crippen LogP contribution in [0.1, 0.15) is 13.3 Å². The number of carbonyl (C=O) groups excluding carboxylic acids is 1. The summed E-state index contributed by atoms with van der Waals surface area (Å²) in [7, 11) is 0. The fourth-order valence-electron chi connectivity index (χ4n) is 1.13. The molecule has 4 nitrogen and oxygen atoms in total. The zero-order valence-electron chi connectivity index (χ0n) is 8.13. The highest BCUT2D eigenvalue weighted by atomic mass is 32.2. The first-order chi connectivity index (χ1) is 7.29. The maximum atomic E-state index is 11.2. The average Bonchev–Trinajstić information content (AvgIpc) is 2.79. The summed E-state index contributed by atoms with van der Waals surface area (Å²) >= 11 is 4.68. The van der Waals surface area contributed by atoms with Gasteiger partial charge in [-0.15, -0.1) is 10.2 Å². The van der Waals surface area contributed by atoms with Crippen molar-refractivity contribution in [3.05, 3.63) is 0 Å². The predicted molar refractivity (Wildman–Crippen MR) is 61.5 cm³/mol. The van der Waals surface area contributed by atoms with Crippen LogP contribution in [0.5, 0.6) is 0 Å². The van der Waals surface area contributed by atoms with Crippen LogP contribution >= 0.6 is 34.9 Å². The maximum absolute atomic E-state index is 11.2. The van der Waals surface area contributed by atoms with Crippen molar-refractivity contribution < 1.29 is 9.53 Å². The number of rotatable bonds is 4. The first-order valence-electron chi connectivity index (χ1n) is 4.59. The van der Waals surface area contributed by atoms with Crippen molar-refractivity contribution in [1.29, 1.82) is 0 Å². The van der Waals surface area contributed by atoms with Crippen LogP contribution < -0.4 is 0 Å². The highest BCUT2D eigenvalue weighted by molar-refractivity contribution is 8.03. The Balaban J connectivity index is 1.95. The molecule has 0 saturated carbocycles. The Kier molecular flexibility index (Phi) is 3.87. The number of ether oxygens (including phenoxy) is 1. The Bertz CT molecular complexity index is 355. The molecule has 1 aliphatic heterocycles. The van der Waals surface area contributed by atoms with Gasteiger partial charge in [0.15, 0.2) is 8.68 Å². The van der Waals surface area contributed by atoms with Crippen LogP contribution in [0.15, 0.2) is 8.68 Å². The van der Waals surface area contributed by atoms with Gasteiger partial charge in [0.2, 0.25) is 0 Å². The summed E-state index contributed by atoms with van der Waals surface area (Å²) in [6.45, 7) is 2.61. The molecule has 1 aliphatic rings. The van der Waals surface area contributed by atoms with Crippen LogP contribution in [0.25, 0.3) is 0 Å². The lowest BCUT2D eigenvalue weighted by Crippen LogP contribution is -2.08. The summed E-state index contributed by atoms with van der Waals surface area (Å²) in [5, 5.41) is 7.98. The molecule has 2 rings (SSSR count). The smallest absolute Gasteiger partial charge is 0.319 e. The number of hydrogen-bond donors (Lipinski definition) is 0. The number of carbonyl (C=O) groups is 1. The van der Waals surface area contributed by atoms with Gasteiger partial charge in [0.1, 0.15) is 5.25 Å².